The molecule has 2 aromatic heterocycles. The number of nitrogens with zero attached hydrogens (tertiary/aromatic N) is 1. The summed E-state index contributed by atoms with van der Waals surface area (Å²) < 4.78 is 27.5. The maximum atomic E-state index is 12.5. The largest absolute Gasteiger partial charge is 0.338 e. The molecule has 1 N–H and O–H groups in total. The molecule has 124 valence electrons. The monoisotopic (exact) mass is 370 g/mol. The molecule has 1 fully saturated rings. The first-order valence-electron chi connectivity index (χ1n) is 7.36. The molecule has 23 heavy (non-hydrogen) atoms. The molecule has 1 aliphatic rings. The summed E-state index contributed by atoms with van der Waals surface area (Å²) in [6.07, 6.45) is 1.28. The fraction of sp³-hybridized carbons (Fsp3) is 0.400. The van der Waals surface area contributed by atoms with Gasteiger partial charge in [0.15, 0.2) is 0 Å². The van der Waals surface area contributed by atoms with Gasteiger partial charge in [-0.05, 0) is 48.2 Å². The van der Waals surface area contributed by atoms with Crippen LogP contribution < -0.4 is 4.72 Å². The zero-order valence-electron chi connectivity index (χ0n) is 12.7. The van der Waals surface area contributed by atoms with Crippen molar-refractivity contribution in [3.63, 3.8) is 0 Å². The normalized spacial score (nSPS) is 16.7. The lowest BCUT2D eigenvalue weighted by Gasteiger charge is -2.32. The first-order valence-corrected chi connectivity index (χ1v) is 10.6. The number of hydrogen-bond donors (Lipinski definition) is 1. The fourth-order valence-corrected chi connectivity index (χ4v) is 5.84. The van der Waals surface area contributed by atoms with E-state index in [1.54, 1.807) is 17.5 Å². The molecular weight excluding hydrogens is 352 g/mol. The summed E-state index contributed by atoms with van der Waals surface area (Å²) in [6, 6.07) is 5.16. The van der Waals surface area contributed by atoms with Gasteiger partial charge in [0.2, 0.25) is 10.0 Å². The number of carbonyl (C=O) groups excluding carboxylic acids is 1. The Labute approximate surface area is 144 Å². The summed E-state index contributed by atoms with van der Waals surface area (Å²) in [5.74, 6) is 0.0528. The first-order chi connectivity index (χ1) is 11.0. The lowest BCUT2D eigenvalue weighted by Crippen LogP contribution is -2.46. The topological polar surface area (TPSA) is 66.5 Å². The average molecular weight is 371 g/mol. The Balaban J connectivity index is 1.59. The van der Waals surface area contributed by atoms with Crippen molar-refractivity contribution in [2.45, 2.75) is 30.0 Å². The van der Waals surface area contributed by atoms with Gasteiger partial charge in [-0.1, -0.05) is 6.07 Å². The van der Waals surface area contributed by atoms with Gasteiger partial charge in [0, 0.05) is 19.1 Å². The van der Waals surface area contributed by atoms with Crippen LogP contribution in [0.4, 0.5) is 0 Å². The molecule has 3 heterocycles. The number of piperidine rings is 1. The van der Waals surface area contributed by atoms with Crippen LogP contribution in [0.1, 0.15) is 28.1 Å². The molecule has 0 bridgehead atoms. The number of nitrogens with one attached hydrogen (secondary N) is 1. The molecule has 5 nitrogen and oxygen atoms in total. The first kappa shape index (κ1) is 16.6. The van der Waals surface area contributed by atoms with E-state index in [1.165, 1.54) is 22.7 Å². The van der Waals surface area contributed by atoms with Crippen molar-refractivity contribution in [1.29, 1.82) is 0 Å². The predicted molar refractivity (Wildman–Crippen MR) is 92.6 cm³/mol. The van der Waals surface area contributed by atoms with Gasteiger partial charge in [0.05, 0.1) is 4.88 Å². The predicted octanol–water partition coefficient (Wildman–Crippen LogP) is 2.70. The summed E-state index contributed by atoms with van der Waals surface area (Å²) in [5.41, 5.74) is 1.00. The molecule has 0 saturated carbocycles. The highest BCUT2D eigenvalue weighted by molar-refractivity contribution is 7.91. The molecule has 2 aromatic rings. The summed E-state index contributed by atoms with van der Waals surface area (Å²) in [6.45, 7) is 3.09. The average Bonchev–Trinajstić information content (AvgIpc) is 3.18. The van der Waals surface area contributed by atoms with E-state index in [4.69, 9.17) is 0 Å². The Morgan fingerprint density at radius 3 is 2.52 bits per heavy atom. The number of carbonyl (C=O) groups is 1. The lowest BCUT2D eigenvalue weighted by molar-refractivity contribution is 0.0715. The van der Waals surface area contributed by atoms with Gasteiger partial charge in [0.1, 0.15) is 4.21 Å². The maximum absolute atomic E-state index is 12.5. The van der Waals surface area contributed by atoms with Gasteiger partial charge < -0.3 is 4.90 Å². The molecule has 0 radical (unpaired) electrons. The molecular formula is C15H18N2O3S3. The molecule has 8 heteroatoms. The molecule has 0 spiro atoms. The van der Waals surface area contributed by atoms with Crippen LogP contribution in [0.2, 0.25) is 0 Å². The van der Waals surface area contributed by atoms with E-state index < -0.39 is 10.0 Å². The quantitative estimate of drug-likeness (QED) is 0.900. The van der Waals surface area contributed by atoms with Crippen molar-refractivity contribution in [3.05, 3.63) is 39.4 Å². The zero-order chi connectivity index (χ0) is 16.4. The Kier molecular flexibility index (Phi) is 4.86. The van der Waals surface area contributed by atoms with Gasteiger partial charge in [-0.2, -0.15) is 0 Å². The van der Waals surface area contributed by atoms with Gasteiger partial charge in [-0.15, -0.1) is 22.7 Å². The van der Waals surface area contributed by atoms with E-state index in [0.717, 1.165) is 10.4 Å². The SMILES string of the molecule is Cc1ccsc1C(=O)N1CCC(NS(=O)(=O)c2cccs2)CC1. The Morgan fingerprint density at radius 2 is 1.96 bits per heavy atom. The molecule has 3 rings (SSSR count). The minimum Gasteiger partial charge on any atom is -0.338 e. The second-order valence-electron chi connectivity index (χ2n) is 5.55. The van der Waals surface area contributed by atoms with Crippen LogP contribution in [0.5, 0.6) is 0 Å². The van der Waals surface area contributed by atoms with E-state index in [-0.39, 0.29) is 11.9 Å². The van der Waals surface area contributed by atoms with Crippen LogP contribution in [0.3, 0.4) is 0 Å². The fourth-order valence-electron chi connectivity index (χ4n) is 2.63. The Bertz CT molecular complexity index is 773. The molecule has 0 aromatic carbocycles. The number of rotatable bonds is 4. The van der Waals surface area contributed by atoms with E-state index >= 15 is 0 Å². The zero-order valence-corrected chi connectivity index (χ0v) is 15.1. The third kappa shape index (κ3) is 3.65. The number of sulfonamides is 1. The van der Waals surface area contributed by atoms with Crippen LogP contribution in [0.15, 0.2) is 33.2 Å². The van der Waals surface area contributed by atoms with Gasteiger partial charge in [-0.25, -0.2) is 13.1 Å². The van der Waals surface area contributed by atoms with E-state index in [9.17, 15) is 13.2 Å². The third-order valence-electron chi connectivity index (χ3n) is 3.92. The molecule has 0 atom stereocenters. The second kappa shape index (κ2) is 6.72. The van der Waals surface area contributed by atoms with Crippen LogP contribution in [-0.2, 0) is 10.0 Å². The number of aryl methyl sites for hydroxylation is 1. The molecule has 1 aliphatic heterocycles. The lowest BCUT2D eigenvalue weighted by atomic mass is 10.1. The van der Waals surface area contributed by atoms with Crippen molar-refractivity contribution in [2.24, 2.45) is 0 Å². The van der Waals surface area contributed by atoms with Crippen molar-refractivity contribution in [3.8, 4) is 0 Å². The summed E-state index contributed by atoms with van der Waals surface area (Å²) in [7, 11) is -3.44. The summed E-state index contributed by atoms with van der Waals surface area (Å²) in [4.78, 5) is 15.1. The molecule has 1 saturated heterocycles. The van der Waals surface area contributed by atoms with Crippen molar-refractivity contribution < 1.29 is 13.2 Å². The summed E-state index contributed by atoms with van der Waals surface area (Å²) in [5, 5.41) is 3.67. The third-order valence-corrected chi connectivity index (χ3v) is 7.84. The number of hydrogen-bond acceptors (Lipinski definition) is 5. The Morgan fingerprint density at radius 1 is 1.22 bits per heavy atom. The van der Waals surface area contributed by atoms with E-state index in [0.29, 0.717) is 30.1 Å². The van der Waals surface area contributed by atoms with Gasteiger partial charge >= 0.3 is 0 Å². The molecule has 0 unspecified atom stereocenters. The van der Waals surface area contributed by atoms with E-state index in [1.807, 2.05) is 23.3 Å². The molecule has 1 amide bonds. The Hall–Kier alpha value is -1.22. The van der Waals surface area contributed by atoms with Crippen LogP contribution in [0, 0.1) is 6.92 Å². The highest BCUT2D eigenvalue weighted by Gasteiger charge is 2.28. The highest BCUT2D eigenvalue weighted by atomic mass is 32.2. The second-order valence-corrected chi connectivity index (χ2v) is 9.36. The standard InChI is InChI=1S/C15H18N2O3S3/c1-11-6-10-22-14(11)15(18)17-7-4-12(5-8-17)16-23(19,20)13-3-2-9-21-13/h2-3,6,9-10,12,16H,4-5,7-8H2,1H3. The highest BCUT2D eigenvalue weighted by Crippen LogP contribution is 2.22. The van der Waals surface area contributed by atoms with Crippen LogP contribution >= 0.6 is 22.7 Å². The van der Waals surface area contributed by atoms with Crippen molar-refractivity contribution in [2.75, 3.05) is 13.1 Å². The van der Waals surface area contributed by atoms with Crippen molar-refractivity contribution >= 4 is 38.6 Å². The van der Waals surface area contributed by atoms with E-state index in [2.05, 4.69) is 4.72 Å². The number of likely N-dealkylation sites (tertiary alicyclic amines) is 1. The van der Waals surface area contributed by atoms with Crippen LogP contribution in [-0.4, -0.2) is 38.4 Å². The van der Waals surface area contributed by atoms with Crippen LogP contribution in [0.25, 0.3) is 0 Å². The maximum Gasteiger partial charge on any atom is 0.264 e. The van der Waals surface area contributed by atoms with Gasteiger partial charge in [-0.3, -0.25) is 4.79 Å². The number of thiophene rings is 2. The van der Waals surface area contributed by atoms with Gasteiger partial charge in [0.25, 0.3) is 5.91 Å². The summed E-state index contributed by atoms with van der Waals surface area (Å²) >= 11 is 2.67. The molecule has 0 aliphatic carbocycles. The number of amides is 1. The smallest absolute Gasteiger partial charge is 0.264 e. The van der Waals surface area contributed by atoms with Crippen molar-refractivity contribution in [1.82, 2.24) is 9.62 Å². The minimum absolute atomic E-state index is 0.0528. The minimum atomic E-state index is -3.44.